The minimum absolute atomic E-state index is 0.153. The number of carbonyl (C=O) groups is 1. The Balaban J connectivity index is 4.77. The lowest BCUT2D eigenvalue weighted by Crippen LogP contribution is -2.50. The van der Waals surface area contributed by atoms with Gasteiger partial charge in [0.2, 0.25) is 0 Å². The summed E-state index contributed by atoms with van der Waals surface area (Å²) < 4.78 is 10.4. The lowest BCUT2D eigenvalue weighted by atomic mass is 10.1. The molecule has 0 fully saturated rings. The standard InChI is InChI=1S/C16H34N2O3/c1-6-10-17-15(16(19)21-9-4)13-18(11-12-20-5)14(7-2)8-3/h14-15,17H,6-13H2,1-5H3. The SMILES string of the molecule is CCCNC(CN(CCOC)C(CC)CC)C(=O)OCC. The molecule has 1 N–H and O–H groups in total. The number of nitrogens with zero attached hydrogens (tertiary/aromatic N) is 1. The van der Waals surface area contributed by atoms with Crippen LogP contribution in [0.25, 0.3) is 0 Å². The second-order valence-corrected chi connectivity index (χ2v) is 5.22. The van der Waals surface area contributed by atoms with E-state index in [4.69, 9.17) is 9.47 Å². The maximum atomic E-state index is 12.1. The van der Waals surface area contributed by atoms with Crippen LogP contribution >= 0.6 is 0 Å². The minimum Gasteiger partial charge on any atom is -0.465 e. The van der Waals surface area contributed by atoms with E-state index < -0.39 is 0 Å². The molecule has 5 nitrogen and oxygen atoms in total. The van der Waals surface area contributed by atoms with E-state index in [0.29, 0.717) is 25.8 Å². The minimum atomic E-state index is -0.262. The Bertz CT molecular complexity index is 258. The van der Waals surface area contributed by atoms with Crippen molar-refractivity contribution >= 4 is 5.97 Å². The van der Waals surface area contributed by atoms with Crippen molar-refractivity contribution in [3.63, 3.8) is 0 Å². The fraction of sp³-hybridized carbons (Fsp3) is 0.938. The van der Waals surface area contributed by atoms with Gasteiger partial charge in [-0.25, -0.2) is 0 Å². The predicted molar refractivity (Wildman–Crippen MR) is 86.5 cm³/mol. The zero-order chi connectivity index (χ0) is 16.1. The fourth-order valence-corrected chi connectivity index (χ4v) is 2.45. The molecular weight excluding hydrogens is 268 g/mol. The van der Waals surface area contributed by atoms with Gasteiger partial charge in [0.15, 0.2) is 0 Å². The number of carbonyl (C=O) groups excluding carboxylic acids is 1. The van der Waals surface area contributed by atoms with E-state index in [0.717, 1.165) is 32.4 Å². The third kappa shape index (κ3) is 8.39. The molecule has 0 saturated carbocycles. The van der Waals surface area contributed by atoms with Crippen LogP contribution in [0.3, 0.4) is 0 Å². The number of nitrogens with one attached hydrogen (secondary N) is 1. The molecule has 0 radical (unpaired) electrons. The Morgan fingerprint density at radius 1 is 1.19 bits per heavy atom. The highest BCUT2D eigenvalue weighted by atomic mass is 16.5. The average Bonchev–Trinajstić information content (AvgIpc) is 2.49. The lowest BCUT2D eigenvalue weighted by Gasteiger charge is -2.33. The largest absolute Gasteiger partial charge is 0.465 e. The molecule has 0 aliphatic rings. The molecule has 0 aromatic rings. The Labute approximate surface area is 130 Å². The number of hydrogen-bond donors (Lipinski definition) is 1. The van der Waals surface area contributed by atoms with Crippen LogP contribution in [0.5, 0.6) is 0 Å². The summed E-state index contributed by atoms with van der Waals surface area (Å²) in [4.78, 5) is 14.5. The number of hydrogen-bond acceptors (Lipinski definition) is 5. The van der Waals surface area contributed by atoms with Gasteiger partial charge in [0, 0.05) is 26.2 Å². The van der Waals surface area contributed by atoms with Crippen molar-refractivity contribution in [1.82, 2.24) is 10.2 Å². The van der Waals surface area contributed by atoms with Crippen LogP contribution in [0.2, 0.25) is 0 Å². The van der Waals surface area contributed by atoms with Crippen LogP contribution in [-0.2, 0) is 14.3 Å². The highest BCUT2D eigenvalue weighted by molar-refractivity contribution is 5.76. The molecule has 0 bridgehead atoms. The van der Waals surface area contributed by atoms with Gasteiger partial charge in [-0.2, -0.15) is 0 Å². The molecule has 21 heavy (non-hydrogen) atoms. The molecule has 5 heteroatoms. The molecular formula is C16H34N2O3. The topological polar surface area (TPSA) is 50.8 Å². The molecule has 0 amide bonds. The van der Waals surface area contributed by atoms with Gasteiger partial charge in [0.25, 0.3) is 0 Å². The van der Waals surface area contributed by atoms with Gasteiger partial charge < -0.3 is 14.8 Å². The van der Waals surface area contributed by atoms with E-state index in [9.17, 15) is 4.79 Å². The second kappa shape index (κ2) is 13.0. The van der Waals surface area contributed by atoms with E-state index in [1.807, 2.05) is 6.92 Å². The van der Waals surface area contributed by atoms with Crippen molar-refractivity contribution < 1.29 is 14.3 Å². The molecule has 0 saturated heterocycles. The Hall–Kier alpha value is -0.650. The van der Waals surface area contributed by atoms with E-state index in [2.05, 4.69) is 31.0 Å². The van der Waals surface area contributed by atoms with E-state index in [1.165, 1.54) is 0 Å². The normalized spacial score (nSPS) is 12.9. The molecule has 1 unspecified atom stereocenters. The molecule has 0 spiro atoms. The highest BCUT2D eigenvalue weighted by Crippen LogP contribution is 2.10. The van der Waals surface area contributed by atoms with Crippen molar-refractivity contribution in [3.8, 4) is 0 Å². The van der Waals surface area contributed by atoms with Crippen molar-refractivity contribution in [2.45, 2.75) is 59.0 Å². The summed E-state index contributed by atoms with van der Waals surface area (Å²) >= 11 is 0. The van der Waals surface area contributed by atoms with Crippen LogP contribution in [-0.4, -0.2) is 62.9 Å². The number of esters is 1. The number of ether oxygens (including phenoxy) is 2. The third-order valence-electron chi connectivity index (χ3n) is 3.67. The third-order valence-corrected chi connectivity index (χ3v) is 3.67. The van der Waals surface area contributed by atoms with Crippen LogP contribution in [0.15, 0.2) is 0 Å². The molecule has 0 aliphatic heterocycles. The molecule has 126 valence electrons. The monoisotopic (exact) mass is 302 g/mol. The summed E-state index contributed by atoms with van der Waals surface area (Å²) in [5.74, 6) is -0.153. The van der Waals surface area contributed by atoms with Crippen molar-refractivity contribution in [1.29, 1.82) is 0 Å². The summed E-state index contributed by atoms with van der Waals surface area (Å²) in [6.07, 6.45) is 3.14. The molecule has 0 rings (SSSR count). The summed E-state index contributed by atoms with van der Waals surface area (Å²) in [5.41, 5.74) is 0. The maximum Gasteiger partial charge on any atom is 0.324 e. The van der Waals surface area contributed by atoms with Crippen LogP contribution in [0.1, 0.15) is 47.0 Å². The van der Waals surface area contributed by atoms with Gasteiger partial charge in [-0.05, 0) is 32.7 Å². The molecule has 0 aliphatic carbocycles. The van der Waals surface area contributed by atoms with Gasteiger partial charge in [0.1, 0.15) is 6.04 Å². The first kappa shape index (κ1) is 20.3. The summed E-state index contributed by atoms with van der Waals surface area (Å²) in [7, 11) is 1.71. The van der Waals surface area contributed by atoms with Gasteiger partial charge in [-0.1, -0.05) is 20.8 Å². The first-order valence-corrected chi connectivity index (χ1v) is 8.27. The molecule has 0 aromatic carbocycles. The second-order valence-electron chi connectivity index (χ2n) is 5.22. The van der Waals surface area contributed by atoms with Crippen LogP contribution in [0, 0.1) is 0 Å². The highest BCUT2D eigenvalue weighted by Gasteiger charge is 2.25. The van der Waals surface area contributed by atoms with Gasteiger partial charge in [-0.3, -0.25) is 9.69 Å². The van der Waals surface area contributed by atoms with Gasteiger partial charge in [0.05, 0.1) is 13.2 Å². The van der Waals surface area contributed by atoms with Gasteiger partial charge >= 0.3 is 5.97 Å². The van der Waals surface area contributed by atoms with Crippen molar-refractivity contribution in [2.75, 3.05) is 40.0 Å². The van der Waals surface area contributed by atoms with Gasteiger partial charge in [-0.15, -0.1) is 0 Å². The first-order chi connectivity index (χ1) is 10.1. The zero-order valence-corrected chi connectivity index (χ0v) is 14.5. The zero-order valence-electron chi connectivity index (χ0n) is 14.5. The summed E-state index contributed by atoms with van der Waals surface area (Å²) in [6.45, 7) is 11.8. The van der Waals surface area contributed by atoms with Crippen LogP contribution < -0.4 is 5.32 Å². The number of methoxy groups -OCH3 is 1. The molecule has 1 atom stereocenters. The fourth-order valence-electron chi connectivity index (χ4n) is 2.45. The van der Waals surface area contributed by atoms with Crippen LogP contribution in [0.4, 0.5) is 0 Å². The predicted octanol–water partition coefficient (Wildman–Crippen LogP) is 2.05. The number of rotatable bonds is 13. The quantitative estimate of drug-likeness (QED) is 0.528. The summed E-state index contributed by atoms with van der Waals surface area (Å²) in [6, 6.07) is 0.211. The first-order valence-electron chi connectivity index (χ1n) is 8.27. The summed E-state index contributed by atoms with van der Waals surface area (Å²) in [5, 5.41) is 3.31. The van der Waals surface area contributed by atoms with Crippen molar-refractivity contribution in [3.05, 3.63) is 0 Å². The van der Waals surface area contributed by atoms with E-state index in [1.54, 1.807) is 7.11 Å². The Kier molecular flexibility index (Phi) is 12.6. The maximum absolute atomic E-state index is 12.1. The lowest BCUT2D eigenvalue weighted by molar-refractivity contribution is -0.146. The Morgan fingerprint density at radius 2 is 1.86 bits per heavy atom. The molecule has 0 aromatic heterocycles. The van der Waals surface area contributed by atoms with E-state index in [-0.39, 0.29) is 12.0 Å². The smallest absolute Gasteiger partial charge is 0.324 e. The molecule has 0 heterocycles. The van der Waals surface area contributed by atoms with E-state index >= 15 is 0 Å². The Morgan fingerprint density at radius 3 is 2.33 bits per heavy atom. The van der Waals surface area contributed by atoms with Crippen molar-refractivity contribution in [2.24, 2.45) is 0 Å². The average molecular weight is 302 g/mol.